The van der Waals surface area contributed by atoms with Gasteiger partial charge in [-0.3, -0.25) is 10.1 Å². The molecule has 8 heteroatoms. The monoisotopic (exact) mass is 318 g/mol. The van der Waals surface area contributed by atoms with Gasteiger partial charge in [0.1, 0.15) is 4.90 Å². The number of hydrogen-bond acceptors (Lipinski definition) is 4. The minimum absolute atomic E-state index is 0.0197. The molecule has 0 radical (unpaired) electrons. The minimum atomic E-state index is -3.86. The van der Waals surface area contributed by atoms with Gasteiger partial charge in [-0.15, -0.1) is 0 Å². The molecule has 1 aliphatic rings. The first kappa shape index (κ1) is 15.2. The van der Waals surface area contributed by atoms with Crippen molar-refractivity contribution in [2.45, 2.75) is 43.0 Å². The van der Waals surface area contributed by atoms with Crippen molar-refractivity contribution in [3.63, 3.8) is 0 Å². The summed E-state index contributed by atoms with van der Waals surface area (Å²) in [7, 11) is -3.86. The Bertz CT molecular complexity index is 635. The van der Waals surface area contributed by atoms with E-state index in [-0.39, 0.29) is 15.6 Å². The highest BCUT2D eigenvalue weighted by Gasteiger charge is 2.39. The number of rotatable bonds is 5. The summed E-state index contributed by atoms with van der Waals surface area (Å²) in [5, 5.41) is 10.7. The van der Waals surface area contributed by atoms with Crippen LogP contribution in [-0.2, 0) is 10.0 Å². The van der Waals surface area contributed by atoms with E-state index in [0.29, 0.717) is 6.42 Å². The number of non-ortho nitro benzene ring substituents is 1. The van der Waals surface area contributed by atoms with Crippen LogP contribution in [0.3, 0.4) is 0 Å². The number of sulfonamides is 1. The average Bonchev–Trinajstić information content (AvgIpc) is 2.34. The Labute approximate surface area is 122 Å². The Kier molecular flexibility index (Phi) is 4.04. The zero-order valence-corrected chi connectivity index (χ0v) is 12.5. The largest absolute Gasteiger partial charge is 0.270 e. The van der Waals surface area contributed by atoms with E-state index in [4.69, 9.17) is 11.6 Å². The molecule has 0 unspecified atom stereocenters. The van der Waals surface area contributed by atoms with E-state index in [2.05, 4.69) is 4.72 Å². The first-order chi connectivity index (χ1) is 9.30. The van der Waals surface area contributed by atoms with E-state index in [1.807, 2.05) is 6.92 Å². The Morgan fingerprint density at radius 1 is 1.45 bits per heavy atom. The molecule has 0 amide bonds. The highest BCUT2D eigenvalue weighted by molar-refractivity contribution is 7.89. The maximum absolute atomic E-state index is 12.4. The molecule has 0 aliphatic heterocycles. The molecule has 0 atom stereocenters. The fourth-order valence-corrected chi connectivity index (χ4v) is 4.33. The van der Waals surface area contributed by atoms with Crippen LogP contribution in [0.2, 0.25) is 5.02 Å². The van der Waals surface area contributed by atoms with E-state index in [9.17, 15) is 18.5 Å². The summed E-state index contributed by atoms with van der Waals surface area (Å²) in [6, 6.07) is 3.40. The van der Waals surface area contributed by atoms with Gasteiger partial charge in [0.15, 0.2) is 0 Å². The number of hydrogen-bond donors (Lipinski definition) is 1. The lowest BCUT2D eigenvalue weighted by atomic mass is 9.76. The van der Waals surface area contributed by atoms with Crippen molar-refractivity contribution in [2.24, 2.45) is 0 Å². The Hall–Kier alpha value is -1.18. The van der Waals surface area contributed by atoms with Crippen LogP contribution in [-0.4, -0.2) is 18.9 Å². The van der Waals surface area contributed by atoms with Crippen molar-refractivity contribution in [1.29, 1.82) is 0 Å². The maximum Gasteiger partial charge on any atom is 0.270 e. The van der Waals surface area contributed by atoms with E-state index < -0.39 is 20.5 Å². The molecule has 1 N–H and O–H groups in total. The van der Waals surface area contributed by atoms with Gasteiger partial charge in [0.25, 0.3) is 5.69 Å². The number of nitrogens with zero attached hydrogens (tertiary/aromatic N) is 1. The van der Waals surface area contributed by atoms with Gasteiger partial charge < -0.3 is 0 Å². The number of nitro benzene ring substituents is 1. The van der Waals surface area contributed by atoms with Crippen molar-refractivity contribution in [2.75, 3.05) is 0 Å². The lowest BCUT2D eigenvalue weighted by Gasteiger charge is -2.41. The summed E-state index contributed by atoms with van der Waals surface area (Å²) >= 11 is 5.88. The second kappa shape index (κ2) is 5.31. The standard InChI is InChI=1S/C12H15ClN2O4S/c1-2-12(6-3-7-12)14-20(18,19)11-8-9(15(16)17)4-5-10(11)13/h4-5,8,14H,2-3,6-7H2,1H3. The van der Waals surface area contributed by atoms with Crippen LogP contribution in [0.4, 0.5) is 5.69 Å². The van der Waals surface area contributed by atoms with Crippen molar-refractivity contribution < 1.29 is 13.3 Å². The van der Waals surface area contributed by atoms with Crippen LogP contribution in [0, 0.1) is 10.1 Å². The third-order valence-electron chi connectivity index (χ3n) is 3.75. The number of nitro groups is 1. The molecule has 1 aromatic carbocycles. The topological polar surface area (TPSA) is 89.3 Å². The second-order valence-corrected chi connectivity index (χ2v) is 7.02. The van der Waals surface area contributed by atoms with E-state index in [0.717, 1.165) is 25.3 Å². The smallest absolute Gasteiger partial charge is 0.258 e. The highest BCUT2D eigenvalue weighted by Crippen LogP contribution is 2.37. The SMILES string of the molecule is CCC1(NS(=O)(=O)c2cc([N+](=O)[O-])ccc2Cl)CCC1. The van der Waals surface area contributed by atoms with Crippen LogP contribution < -0.4 is 4.72 Å². The average molecular weight is 319 g/mol. The molecule has 1 fully saturated rings. The van der Waals surface area contributed by atoms with Gasteiger partial charge in [0, 0.05) is 17.7 Å². The second-order valence-electron chi connectivity index (χ2n) is 4.96. The molecular formula is C12H15ClN2O4S. The fourth-order valence-electron chi connectivity index (χ4n) is 2.28. The molecule has 0 bridgehead atoms. The molecule has 0 saturated heterocycles. The van der Waals surface area contributed by atoms with Gasteiger partial charge in [0.05, 0.1) is 9.95 Å². The molecule has 2 rings (SSSR count). The van der Waals surface area contributed by atoms with Crippen molar-refractivity contribution in [3.05, 3.63) is 33.3 Å². The quantitative estimate of drug-likeness (QED) is 0.667. The minimum Gasteiger partial charge on any atom is -0.258 e. The summed E-state index contributed by atoms with van der Waals surface area (Å²) in [6.45, 7) is 1.91. The summed E-state index contributed by atoms with van der Waals surface area (Å²) in [4.78, 5) is 9.86. The predicted molar refractivity (Wildman–Crippen MR) is 75.3 cm³/mol. The van der Waals surface area contributed by atoms with Crippen LogP contribution >= 0.6 is 11.6 Å². The summed E-state index contributed by atoms with van der Waals surface area (Å²) in [5.41, 5.74) is -0.735. The summed E-state index contributed by atoms with van der Waals surface area (Å²) in [5.74, 6) is 0. The predicted octanol–water partition coefficient (Wildman–Crippen LogP) is 2.86. The van der Waals surface area contributed by atoms with E-state index in [1.165, 1.54) is 12.1 Å². The van der Waals surface area contributed by atoms with Crippen LogP contribution in [0.15, 0.2) is 23.1 Å². The van der Waals surface area contributed by atoms with Crippen LogP contribution in [0.5, 0.6) is 0 Å². The van der Waals surface area contributed by atoms with Crippen LogP contribution in [0.1, 0.15) is 32.6 Å². The summed E-state index contributed by atoms with van der Waals surface area (Å²) in [6.07, 6.45) is 3.20. The molecule has 0 spiro atoms. The highest BCUT2D eigenvalue weighted by atomic mass is 35.5. The first-order valence-electron chi connectivity index (χ1n) is 6.28. The summed E-state index contributed by atoms with van der Waals surface area (Å²) < 4.78 is 27.4. The molecule has 1 aliphatic carbocycles. The normalized spacial score (nSPS) is 17.5. The number of nitrogens with one attached hydrogen (secondary N) is 1. The van der Waals surface area contributed by atoms with Crippen molar-refractivity contribution >= 4 is 27.3 Å². The lowest BCUT2D eigenvalue weighted by Crippen LogP contribution is -2.52. The Morgan fingerprint density at radius 3 is 2.55 bits per heavy atom. The van der Waals surface area contributed by atoms with Gasteiger partial charge in [0.2, 0.25) is 10.0 Å². The maximum atomic E-state index is 12.4. The van der Waals surface area contributed by atoms with Gasteiger partial charge in [-0.05, 0) is 31.7 Å². The van der Waals surface area contributed by atoms with E-state index in [1.54, 1.807) is 0 Å². The molecule has 0 heterocycles. The first-order valence-corrected chi connectivity index (χ1v) is 8.14. The number of benzene rings is 1. The molecule has 1 saturated carbocycles. The molecule has 1 aromatic rings. The Balaban J connectivity index is 2.38. The van der Waals surface area contributed by atoms with Gasteiger partial charge in [-0.25, -0.2) is 13.1 Å². The van der Waals surface area contributed by atoms with E-state index >= 15 is 0 Å². The third-order valence-corrected chi connectivity index (χ3v) is 5.81. The Morgan fingerprint density at radius 2 is 2.10 bits per heavy atom. The van der Waals surface area contributed by atoms with Gasteiger partial charge in [-0.2, -0.15) is 0 Å². The zero-order chi connectivity index (χ0) is 15.0. The fraction of sp³-hybridized carbons (Fsp3) is 0.500. The molecule has 0 aromatic heterocycles. The number of halogens is 1. The molecule has 6 nitrogen and oxygen atoms in total. The van der Waals surface area contributed by atoms with Crippen molar-refractivity contribution in [1.82, 2.24) is 4.72 Å². The zero-order valence-electron chi connectivity index (χ0n) is 10.9. The molecule has 20 heavy (non-hydrogen) atoms. The third kappa shape index (κ3) is 2.79. The molecular weight excluding hydrogens is 304 g/mol. The lowest BCUT2D eigenvalue weighted by molar-refractivity contribution is -0.385. The molecule has 110 valence electrons. The van der Waals surface area contributed by atoms with Gasteiger partial charge >= 0.3 is 0 Å². The van der Waals surface area contributed by atoms with Gasteiger partial charge in [-0.1, -0.05) is 18.5 Å². The van der Waals surface area contributed by atoms with Crippen LogP contribution in [0.25, 0.3) is 0 Å². The van der Waals surface area contributed by atoms with Crippen molar-refractivity contribution in [3.8, 4) is 0 Å².